The maximum absolute atomic E-state index is 6.11. The van der Waals surface area contributed by atoms with Gasteiger partial charge in [-0.1, -0.05) is 18.2 Å². The van der Waals surface area contributed by atoms with Crippen molar-refractivity contribution in [1.29, 1.82) is 0 Å². The molecule has 0 fully saturated rings. The third kappa shape index (κ3) is 2.51. The first kappa shape index (κ1) is 15.5. The lowest BCUT2D eigenvalue weighted by Gasteiger charge is -2.38. The Labute approximate surface area is 147 Å². The molecule has 0 saturated carbocycles. The number of nitrogen functional groups attached to an aromatic ring is 1. The highest BCUT2D eigenvalue weighted by Crippen LogP contribution is 2.47. The molecule has 0 amide bonds. The highest BCUT2D eigenvalue weighted by Gasteiger charge is 2.30. The lowest BCUT2D eigenvalue weighted by molar-refractivity contribution is -0.254. The van der Waals surface area contributed by atoms with Crippen molar-refractivity contribution in [2.75, 3.05) is 24.8 Å². The van der Waals surface area contributed by atoms with Gasteiger partial charge in [0.25, 0.3) is 0 Å². The first-order valence-corrected chi connectivity index (χ1v) is 8.31. The fourth-order valence-corrected chi connectivity index (χ4v) is 3.69. The number of quaternary nitrogens is 1. The molecule has 1 aliphatic rings. The minimum Gasteiger partial charge on any atom is -0.497 e. The molecule has 1 aliphatic heterocycles. The number of rotatable bonds is 2. The first-order valence-electron chi connectivity index (χ1n) is 8.31. The van der Waals surface area contributed by atoms with Crippen LogP contribution in [-0.2, 0) is 0 Å². The van der Waals surface area contributed by atoms with Crippen molar-refractivity contribution in [2.45, 2.75) is 6.04 Å². The van der Waals surface area contributed by atoms with Gasteiger partial charge in [0.15, 0.2) is 0 Å². The van der Waals surface area contributed by atoms with Crippen LogP contribution < -0.4 is 21.1 Å². The Morgan fingerprint density at radius 2 is 1.68 bits per heavy atom. The number of benzene rings is 3. The van der Waals surface area contributed by atoms with Crippen molar-refractivity contribution in [3.05, 3.63) is 71.8 Å². The molecule has 0 spiro atoms. The molecule has 25 heavy (non-hydrogen) atoms. The SMILES string of the molecule is COc1ccc(C2c3cc(N)ccc3-c3ccc([NH3+])cc3N2C)cc1. The Hall–Kier alpha value is -2.98. The highest BCUT2D eigenvalue weighted by atomic mass is 16.5. The number of hydrogen-bond donors (Lipinski definition) is 2. The molecular formula is C21H22N3O+. The summed E-state index contributed by atoms with van der Waals surface area (Å²) in [6.07, 6.45) is 0. The first-order chi connectivity index (χ1) is 12.1. The summed E-state index contributed by atoms with van der Waals surface area (Å²) in [4.78, 5) is 2.30. The third-order valence-electron chi connectivity index (χ3n) is 4.92. The number of fused-ring (bicyclic) bond motifs is 3. The Morgan fingerprint density at radius 1 is 0.960 bits per heavy atom. The summed E-state index contributed by atoms with van der Waals surface area (Å²) in [6, 6.07) is 20.9. The fraction of sp³-hybridized carbons (Fsp3) is 0.143. The highest BCUT2D eigenvalue weighted by molar-refractivity contribution is 5.87. The number of anilines is 2. The van der Waals surface area contributed by atoms with E-state index in [4.69, 9.17) is 10.5 Å². The number of methoxy groups -OCH3 is 1. The smallest absolute Gasteiger partial charge is 0.130 e. The van der Waals surface area contributed by atoms with E-state index in [1.165, 1.54) is 27.9 Å². The van der Waals surface area contributed by atoms with Gasteiger partial charge in [0, 0.05) is 24.4 Å². The quantitative estimate of drug-likeness (QED) is 0.707. The summed E-state index contributed by atoms with van der Waals surface area (Å²) in [6.45, 7) is 0. The van der Waals surface area contributed by atoms with Gasteiger partial charge >= 0.3 is 0 Å². The molecule has 1 heterocycles. The summed E-state index contributed by atoms with van der Waals surface area (Å²) in [7, 11) is 3.81. The maximum atomic E-state index is 6.11. The van der Waals surface area contributed by atoms with E-state index in [2.05, 4.69) is 60.1 Å². The molecule has 1 atom stereocenters. The molecular weight excluding hydrogens is 310 g/mol. The van der Waals surface area contributed by atoms with Gasteiger partial charge in [0.1, 0.15) is 11.4 Å². The molecule has 5 N–H and O–H groups in total. The van der Waals surface area contributed by atoms with Gasteiger partial charge in [0.05, 0.1) is 18.8 Å². The van der Waals surface area contributed by atoms with Crippen molar-refractivity contribution in [2.24, 2.45) is 0 Å². The Kier molecular flexibility index (Phi) is 3.62. The zero-order chi connectivity index (χ0) is 17.6. The predicted molar refractivity (Wildman–Crippen MR) is 102 cm³/mol. The van der Waals surface area contributed by atoms with E-state index in [0.717, 1.165) is 17.1 Å². The Bertz CT molecular complexity index is 934. The molecule has 0 aromatic heterocycles. The zero-order valence-electron chi connectivity index (χ0n) is 14.5. The second kappa shape index (κ2) is 5.83. The molecule has 0 radical (unpaired) electrons. The van der Waals surface area contributed by atoms with Crippen molar-refractivity contribution in [1.82, 2.24) is 0 Å². The van der Waals surface area contributed by atoms with Gasteiger partial charge in [-0.15, -0.1) is 0 Å². The molecule has 4 rings (SSSR count). The normalized spacial score (nSPS) is 15.5. The van der Waals surface area contributed by atoms with Crippen molar-refractivity contribution in [3.8, 4) is 16.9 Å². The van der Waals surface area contributed by atoms with Gasteiger partial charge in [-0.3, -0.25) is 0 Å². The second-order valence-electron chi connectivity index (χ2n) is 6.48. The Morgan fingerprint density at radius 3 is 2.40 bits per heavy atom. The summed E-state index contributed by atoms with van der Waals surface area (Å²) in [5.41, 5.74) is 18.0. The lowest BCUT2D eigenvalue weighted by Crippen LogP contribution is -2.40. The minimum absolute atomic E-state index is 0.0960. The molecule has 4 nitrogen and oxygen atoms in total. The van der Waals surface area contributed by atoms with E-state index < -0.39 is 0 Å². The van der Waals surface area contributed by atoms with E-state index in [-0.39, 0.29) is 6.04 Å². The molecule has 3 aromatic rings. The van der Waals surface area contributed by atoms with Gasteiger partial charge in [-0.25, -0.2) is 0 Å². The maximum Gasteiger partial charge on any atom is 0.130 e. The standard InChI is InChI=1S/C21H21N3O/c1-24-20-12-15(23)6-10-18(20)17-9-5-14(22)11-19(17)21(24)13-3-7-16(25-2)8-4-13/h3-12,21H,22-23H2,1-2H3/p+1. The van der Waals surface area contributed by atoms with Crippen LogP contribution in [0.5, 0.6) is 5.75 Å². The Balaban J connectivity index is 1.94. The van der Waals surface area contributed by atoms with E-state index in [0.29, 0.717) is 0 Å². The average molecular weight is 332 g/mol. The van der Waals surface area contributed by atoms with Crippen LogP contribution in [0.4, 0.5) is 17.1 Å². The minimum atomic E-state index is 0.0960. The average Bonchev–Trinajstić information content (AvgIpc) is 2.62. The summed E-state index contributed by atoms with van der Waals surface area (Å²) in [5, 5.41) is 0. The van der Waals surface area contributed by atoms with Crippen LogP contribution in [0, 0.1) is 0 Å². The number of hydrogen-bond acceptors (Lipinski definition) is 3. The molecule has 1 unspecified atom stereocenters. The van der Waals surface area contributed by atoms with Gasteiger partial charge in [-0.05, 0) is 53.1 Å². The van der Waals surface area contributed by atoms with E-state index >= 15 is 0 Å². The summed E-state index contributed by atoms with van der Waals surface area (Å²) >= 11 is 0. The zero-order valence-corrected chi connectivity index (χ0v) is 14.5. The third-order valence-corrected chi connectivity index (χ3v) is 4.92. The van der Waals surface area contributed by atoms with Crippen molar-refractivity contribution < 1.29 is 10.5 Å². The van der Waals surface area contributed by atoms with Crippen LogP contribution in [-0.4, -0.2) is 14.2 Å². The number of ether oxygens (including phenoxy) is 1. The second-order valence-corrected chi connectivity index (χ2v) is 6.48. The molecule has 4 heteroatoms. The van der Waals surface area contributed by atoms with Crippen LogP contribution in [0.1, 0.15) is 17.2 Å². The van der Waals surface area contributed by atoms with Crippen LogP contribution in [0.15, 0.2) is 60.7 Å². The summed E-state index contributed by atoms with van der Waals surface area (Å²) < 4.78 is 5.30. The largest absolute Gasteiger partial charge is 0.497 e. The van der Waals surface area contributed by atoms with Gasteiger partial charge < -0.3 is 21.1 Å². The monoisotopic (exact) mass is 332 g/mol. The topological polar surface area (TPSA) is 66.1 Å². The van der Waals surface area contributed by atoms with Crippen molar-refractivity contribution in [3.63, 3.8) is 0 Å². The van der Waals surface area contributed by atoms with Crippen LogP contribution >= 0.6 is 0 Å². The lowest BCUT2D eigenvalue weighted by atomic mass is 9.85. The van der Waals surface area contributed by atoms with Crippen molar-refractivity contribution >= 4 is 17.1 Å². The van der Waals surface area contributed by atoms with E-state index in [1.807, 2.05) is 18.2 Å². The number of nitrogens with two attached hydrogens (primary N) is 1. The molecule has 0 bridgehead atoms. The fourth-order valence-electron chi connectivity index (χ4n) is 3.69. The summed E-state index contributed by atoms with van der Waals surface area (Å²) in [5.74, 6) is 0.857. The molecule has 3 aromatic carbocycles. The van der Waals surface area contributed by atoms with E-state index in [9.17, 15) is 0 Å². The van der Waals surface area contributed by atoms with Crippen LogP contribution in [0.3, 0.4) is 0 Å². The molecule has 0 saturated heterocycles. The number of nitrogens with zero attached hydrogens (tertiary/aromatic N) is 1. The van der Waals surface area contributed by atoms with Gasteiger partial charge in [-0.2, -0.15) is 0 Å². The van der Waals surface area contributed by atoms with Crippen LogP contribution in [0.2, 0.25) is 0 Å². The van der Waals surface area contributed by atoms with Gasteiger partial charge in [0.2, 0.25) is 0 Å². The predicted octanol–water partition coefficient (Wildman–Crippen LogP) is 3.36. The molecule has 126 valence electrons. The molecule has 0 aliphatic carbocycles. The van der Waals surface area contributed by atoms with Crippen LogP contribution in [0.25, 0.3) is 11.1 Å². The van der Waals surface area contributed by atoms with E-state index in [1.54, 1.807) is 7.11 Å².